The minimum Gasteiger partial charge on any atom is -0.363 e. The summed E-state index contributed by atoms with van der Waals surface area (Å²) in [6, 6.07) is 0. The number of ether oxygens (including phenoxy) is 2. The van der Waals surface area contributed by atoms with Crippen LogP contribution in [0.2, 0.25) is 0 Å². The Morgan fingerprint density at radius 1 is 0.852 bits per heavy atom. The maximum atomic E-state index is 14.2. The molecule has 0 aliphatic rings. The molecule has 0 heterocycles. The van der Waals surface area contributed by atoms with Gasteiger partial charge in [0.25, 0.3) is 0 Å². The highest BCUT2D eigenvalue weighted by Crippen LogP contribution is 2.56. The highest BCUT2D eigenvalue weighted by atomic mass is 35.5. The predicted octanol–water partition coefficient (Wildman–Crippen LogP) is 5.21. The molecule has 0 saturated carbocycles. The van der Waals surface area contributed by atoms with E-state index < -0.39 is 47.3 Å². The van der Waals surface area contributed by atoms with Crippen molar-refractivity contribution >= 4 is 23.2 Å². The third kappa shape index (κ3) is 5.43. The summed E-state index contributed by atoms with van der Waals surface area (Å²) in [5, 5.41) is -10.9. The van der Waals surface area contributed by atoms with Gasteiger partial charge in [0.15, 0.2) is 0 Å². The van der Waals surface area contributed by atoms with Gasteiger partial charge in [-0.1, -0.05) is 0 Å². The van der Waals surface area contributed by atoms with Crippen LogP contribution >= 0.6 is 23.2 Å². The first-order valence-corrected chi connectivity index (χ1v) is 7.61. The van der Waals surface area contributed by atoms with Crippen molar-refractivity contribution in [2.45, 2.75) is 47.3 Å². The topological polar surface area (TPSA) is 21.7 Å². The molecule has 0 aromatic heterocycles. The number of hydrogen-bond donors (Lipinski definition) is 0. The van der Waals surface area contributed by atoms with E-state index in [-0.39, 0.29) is 13.7 Å². The van der Waals surface area contributed by atoms with Crippen molar-refractivity contribution < 1.29 is 53.4 Å². The summed E-state index contributed by atoms with van der Waals surface area (Å²) in [5.74, 6) is -6.38. The van der Waals surface area contributed by atoms with Crippen molar-refractivity contribution in [3.63, 3.8) is 0 Å². The largest absolute Gasteiger partial charge is 0.426 e. The van der Waals surface area contributed by atoms with Gasteiger partial charge in [0.2, 0.25) is 5.60 Å². The van der Waals surface area contributed by atoms with E-state index in [0.717, 1.165) is 0 Å². The van der Waals surface area contributed by atoms with Gasteiger partial charge in [0, 0.05) is 7.11 Å². The highest BCUT2D eigenvalue weighted by molar-refractivity contribution is 6.31. The average molecular weight is 466 g/mol. The second-order valence-corrected chi connectivity index (χ2v) is 6.60. The quantitative estimate of drug-likeness (QED) is 0.326. The zero-order chi connectivity index (χ0) is 22.1. The molecular formula is C12H15Cl2F10NO2. The number of nitrogens with zero attached hydrogens (tertiary/aromatic N) is 1. The maximum Gasteiger partial charge on any atom is 0.426 e. The first-order chi connectivity index (χ1) is 11.7. The van der Waals surface area contributed by atoms with Crippen molar-refractivity contribution in [1.29, 1.82) is 0 Å². The van der Waals surface area contributed by atoms with Crippen molar-refractivity contribution in [2.24, 2.45) is 0 Å². The minimum atomic E-state index is -6.49. The van der Waals surface area contributed by atoms with Gasteiger partial charge in [0.1, 0.15) is 0 Å². The second kappa shape index (κ2) is 8.25. The molecule has 0 amide bonds. The lowest BCUT2D eigenvalue weighted by atomic mass is 9.87. The highest BCUT2D eigenvalue weighted by Gasteiger charge is 2.81. The summed E-state index contributed by atoms with van der Waals surface area (Å²) in [4.78, 5) is 1.25. The molecule has 0 spiro atoms. The van der Waals surface area contributed by atoms with Gasteiger partial charge in [-0.05, 0) is 56.7 Å². The molecule has 2 atom stereocenters. The molecule has 164 valence electrons. The van der Waals surface area contributed by atoms with Crippen LogP contribution in [0.4, 0.5) is 43.9 Å². The molecular weight excluding hydrogens is 451 g/mol. The van der Waals surface area contributed by atoms with E-state index in [1.54, 1.807) is 0 Å². The van der Waals surface area contributed by atoms with E-state index in [2.05, 4.69) is 32.7 Å². The normalized spacial score (nSPS) is 19.1. The van der Waals surface area contributed by atoms with Gasteiger partial charge in [-0.2, -0.15) is 43.9 Å². The number of rotatable bonds is 10. The molecule has 0 saturated heterocycles. The Morgan fingerprint density at radius 2 is 1.30 bits per heavy atom. The molecule has 0 aromatic rings. The van der Waals surface area contributed by atoms with Crippen LogP contribution in [0.15, 0.2) is 0 Å². The zero-order valence-electron chi connectivity index (χ0n) is 13.9. The summed E-state index contributed by atoms with van der Waals surface area (Å²) in [6.45, 7) is -0.258. The molecule has 0 aliphatic carbocycles. The van der Waals surface area contributed by atoms with Gasteiger partial charge in [0.05, 0.1) is 0 Å². The molecule has 27 heavy (non-hydrogen) atoms. The standard InChI is InChI=1S/C12H15Cl2F10NO2/c1-25(2)6-4-5-7(26-3,11(20,21)22)8(15,16)12(23,24)27-10(14,19)9(13,17)18/h4-6H2,1-3H3. The fourth-order valence-corrected chi connectivity index (χ4v) is 2.12. The van der Waals surface area contributed by atoms with Crippen LogP contribution < -0.4 is 0 Å². The molecule has 0 bridgehead atoms. The zero-order valence-corrected chi connectivity index (χ0v) is 15.4. The SMILES string of the molecule is COC(CCCN(C)C)(C(F)(F)F)C(F)(F)C(F)(F)OC(F)(Cl)C(F)(F)Cl. The van der Waals surface area contributed by atoms with Crippen molar-refractivity contribution in [3.05, 3.63) is 0 Å². The van der Waals surface area contributed by atoms with Crippen molar-refractivity contribution in [1.82, 2.24) is 4.90 Å². The Balaban J connectivity index is 6.13. The minimum absolute atomic E-state index is 0.0483. The van der Waals surface area contributed by atoms with Gasteiger partial charge in [-0.15, -0.1) is 0 Å². The van der Waals surface area contributed by atoms with Crippen LogP contribution in [0.1, 0.15) is 12.8 Å². The first-order valence-electron chi connectivity index (χ1n) is 6.85. The van der Waals surface area contributed by atoms with E-state index in [9.17, 15) is 43.9 Å². The molecule has 15 heteroatoms. The van der Waals surface area contributed by atoms with E-state index >= 15 is 0 Å². The third-order valence-corrected chi connectivity index (χ3v) is 4.05. The van der Waals surface area contributed by atoms with E-state index in [1.807, 2.05) is 0 Å². The summed E-state index contributed by atoms with van der Waals surface area (Å²) in [6.07, 6.45) is -15.1. The van der Waals surface area contributed by atoms with Gasteiger partial charge < -0.3 is 9.64 Å². The molecule has 0 fully saturated rings. The number of halogens is 12. The van der Waals surface area contributed by atoms with Crippen molar-refractivity contribution in [3.8, 4) is 0 Å². The molecule has 0 aromatic carbocycles. The Labute approximate surface area is 157 Å². The summed E-state index contributed by atoms with van der Waals surface area (Å²) in [7, 11) is 2.75. The van der Waals surface area contributed by atoms with Crippen LogP contribution in [0.25, 0.3) is 0 Å². The molecule has 0 N–H and O–H groups in total. The Morgan fingerprint density at radius 3 is 1.59 bits per heavy atom. The van der Waals surface area contributed by atoms with E-state index in [0.29, 0.717) is 0 Å². The number of methoxy groups -OCH3 is 1. The van der Waals surface area contributed by atoms with Crippen LogP contribution in [0, 0.1) is 0 Å². The molecule has 2 unspecified atom stereocenters. The van der Waals surface area contributed by atoms with E-state index in [1.165, 1.54) is 19.0 Å². The smallest absolute Gasteiger partial charge is 0.363 e. The molecule has 3 nitrogen and oxygen atoms in total. The van der Waals surface area contributed by atoms with E-state index in [4.69, 9.17) is 0 Å². The Kier molecular flexibility index (Phi) is 8.17. The van der Waals surface area contributed by atoms with Crippen LogP contribution in [-0.4, -0.2) is 67.2 Å². The van der Waals surface area contributed by atoms with Crippen LogP contribution in [0.5, 0.6) is 0 Å². The Bertz CT molecular complexity index is 496. The maximum absolute atomic E-state index is 14.2. The monoisotopic (exact) mass is 465 g/mol. The fraction of sp³-hybridized carbons (Fsp3) is 1.00. The second-order valence-electron chi connectivity index (χ2n) is 5.64. The van der Waals surface area contributed by atoms with Crippen molar-refractivity contribution in [2.75, 3.05) is 27.7 Å². The lowest BCUT2D eigenvalue weighted by Gasteiger charge is -2.43. The summed E-state index contributed by atoms with van der Waals surface area (Å²) >= 11 is 8.28. The lowest BCUT2D eigenvalue weighted by molar-refractivity contribution is -0.459. The molecule has 0 aliphatic heterocycles. The molecule has 0 radical (unpaired) electrons. The Hall–Kier alpha value is -0.240. The predicted molar refractivity (Wildman–Crippen MR) is 75.1 cm³/mol. The molecule has 0 rings (SSSR count). The van der Waals surface area contributed by atoms with Crippen LogP contribution in [0.3, 0.4) is 0 Å². The summed E-state index contributed by atoms with van der Waals surface area (Å²) in [5.41, 5.74) is -4.91. The number of alkyl halides is 12. The van der Waals surface area contributed by atoms with Gasteiger partial charge in [-0.25, -0.2) is 0 Å². The van der Waals surface area contributed by atoms with Crippen LogP contribution in [-0.2, 0) is 9.47 Å². The summed E-state index contributed by atoms with van der Waals surface area (Å²) < 4.78 is 141. The average Bonchev–Trinajstić information content (AvgIpc) is 2.38. The fourth-order valence-electron chi connectivity index (χ4n) is 1.98. The first kappa shape index (κ1) is 26.8. The third-order valence-electron chi connectivity index (χ3n) is 3.40. The lowest BCUT2D eigenvalue weighted by Crippen LogP contribution is -2.68. The number of hydrogen-bond acceptors (Lipinski definition) is 3. The van der Waals surface area contributed by atoms with Gasteiger partial charge >= 0.3 is 28.9 Å². The van der Waals surface area contributed by atoms with Gasteiger partial charge in [-0.3, -0.25) is 4.74 Å².